The number of anilines is 1. The molecule has 0 saturated carbocycles. The number of amides is 1. The van der Waals surface area contributed by atoms with Crippen molar-refractivity contribution in [1.82, 2.24) is 15.1 Å². The first-order valence-corrected chi connectivity index (χ1v) is 11.1. The fourth-order valence-electron chi connectivity index (χ4n) is 4.26. The van der Waals surface area contributed by atoms with Crippen molar-refractivity contribution < 1.29 is 27.9 Å². The number of hydrogen-bond donors (Lipinski definition) is 2. The Morgan fingerprint density at radius 1 is 1.06 bits per heavy atom. The third-order valence-electron chi connectivity index (χ3n) is 6.05. The van der Waals surface area contributed by atoms with Crippen LogP contribution in [0.1, 0.15) is 51.3 Å². The van der Waals surface area contributed by atoms with Gasteiger partial charge in [-0.05, 0) is 42.7 Å². The summed E-state index contributed by atoms with van der Waals surface area (Å²) in [7, 11) is 0. The molecular weight excluding hydrogens is 461 g/mol. The van der Waals surface area contributed by atoms with Crippen LogP contribution in [-0.4, -0.2) is 33.3 Å². The van der Waals surface area contributed by atoms with Crippen LogP contribution in [0.2, 0.25) is 0 Å². The average Bonchev–Trinajstić information content (AvgIpc) is 3.31. The van der Waals surface area contributed by atoms with E-state index in [0.29, 0.717) is 47.8 Å². The summed E-state index contributed by atoms with van der Waals surface area (Å²) in [5, 5.41) is 16.4. The van der Waals surface area contributed by atoms with Gasteiger partial charge in [0.1, 0.15) is 11.4 Å². The molecule has 2 aromatic carbocycles. The molecule has 1 amide bonds. The fourth-order valence-corrected chi connectivity index (χ4v) is 4.26. The lowest BCUT2D eigenvalue weighted by molar-refractivity contribution is -0.138. The number of rotatable bonds is 7. The molecule has 0 aliphatic carbocycles. The molecule has 1 aliphatic heterocycles. The predicted octanol–water partition coefficient (Wildman–Crippen LogP) is 4.35. The zero-order valence-corrected chi connectivity index (χ0v) is 19.3. The number of aryl methyl sites for hydroxylation is 1. The number of benzene rings is 2. The van der Waals surface area contributed by atoms with Crippen LogP contribution in [0, 0.1) is 6.92 Å². The number of carbonyl (C=O) groups is 2. The van der Waals surface area contributed by atoms with Gasteiger partial charge >= 0.3 is 12.1 Å². The van der Waals surface area contributed by atoms with Gasteiger partial charge in [-0.25, -0.2) is 4.68 Å². The number of fused-ring (bicyclic) bond motifs is 1. The van der Waals surface area contributed by atoms with E-state index in [-0.39, 0.29) is 18.4 Å². The van der Waals surface area contributed by atoms with Gasteiger partial charge in [-0.15, -0.1) is 0 Å². The maximum Gasteiger partial charge on any atom is 0.416 e. The minimum Gasteiger partial charge on any atom is -0.481 e. The lowest BCUT2D eigenvalue weighted by atomic mass is 10.0. The first kappa shape index (κ1) is 24.3. The number of aliphatic carboxylic acids is 1. The van der Waals surface area contributed by atoms with Crippen molar-refractivity contribution in [3.8, 4) is 0 Å². The summed E-state index contributed by atoms with van der Waals surface area (Å²) < 4.78 is 40.4. The van der Waals surface area contributed by atoms with E-state index in [4.69, 9.17) is 5.11 Å². The maximum absolute atomic E-state index is 13.2. The Kier molecular flexibility index (Phi) is 6.56. The van der Waals surface area contributed by atoms with Crippen LogP contribution in [0.3, 0.4) is 0 Å². The van der Waals surface area contributed by atoms with Gasteiger partial charge in [0.15, 0.2) is 0 Å². The van der Waals surface area contributed by atoms with Crippen LogP contribution in [0.4, 0.5) is 19.0 Å². The van der Waals surface area contributed by atoms with Gasteiger partial charge < -0.3 is 15.3 Å². The normalized spacial score (nSPS) is 14.0. The minimum absolute atomic E-state index is 0.0719. The molecule has 0 radical (unpaired) electrons. The number of hydrogen-bond acceptors (Lipinski definition) is 4. The topological polar surface area (TPSA) is 87.5 Å². The van der Waals surface area contributed by atoms with Crippen LogP contribution in [0.15, 0.2) is 48.5 Å². The van der Waals surface area contributed by atoms with Crippen LogP contribution >= 0.6 is 0 Å². The molecule has 4 rings (SSSR count). The summed E-state index contributed by atoms with van der Waals surface area (Å²) in [4.78, 5) is 26.1. The molecule has 0 fully saturated rings. The van der Waals surface area contributed by atoms with Gasteiger partial charge in [0.05, 0.1) is 30.3 Å². The highest BCUT2D eigenvalue weighted by Gasteiger charge is 2.32. The predicted molar refractivity (Wildman–Crippen MR) is 123 cm³/mol. The van der Waals surface area contributed by atoms with Crippen LogP contribution in [-0.2, 0) is 30.5 Å². The average molecular weight is 486 g/mol. The third-order valence-corrected chi connectivity index (χ3v) is 6.05. The Morgan fingerprint density at radius 3 is 2.29 bits per heavy atom. The third kappa shape index (κ3) is 5.31. The monoisotopic (exact) mass is 486 g/mol. The molecule has 1 aromatic heterocycles. The van der Waals surface area contributed by atoms with E-state index < -0.39 is 17.7 Å². The van der Waals surface area contributed by atoms with Crippen molar-refractivity contribution in [2.24, 2.45) is 0 Å². The molecule has 0 spiro atoms. The molecule has 1 atom stereocenters. The zero-order valence-electron chi connectivity index (χ0n) is 19.3. The quantitative estimate of drug-likeness (QED) is 0.519. The Hall–Kier alpha value is -3.82. The minimum atomic E-state index is -4.39. The largest absolute Gasteiger partial charge is 0.481 e. The summed E-state index contributed by atoms with van der Waals surface area (Å²) >= 11 is 0. The number of nitrogens with one attached hydrogen (secondary N) is 1. The highest BCUT2D eigenvalue weighted by molar-refractivity contribution is 6.00. The van der Waals surface area contributed by atoms with Crippen LogP contribution < -0.4 is 10.2 Å². The molecule has 3 aromatic rings. The second-order valence-corrected chi connectivity index (χ2v) is 8.63. The molecule has 0 saturated heterocycles. The summed E-state index contributed by atoms with van der Waals surface area (Å²) in [6.07, 6.45) is -4.46. The van der Waals surface area contributed by atoms with Crippen molar-refractivity contribution in [2.75, 3.05) is 11.4 Å². The highest BCUT2D eigenvalue weighted by atomic mass is 19.4. The van der Waals surface area contributed by atoms with Gasteiger partial charge in [0.2, 0.25) is 0 Å². The lowest BCUT2D eigenvalue weighted by Gasteiger charge is -2.20. The van der Waals surface area contributed by atoms with Gasteiger partial charge in [0.25, 0.3) is 5.91 Å². The molecule has 2 heterocycles. The highest BCUT2D eigenvalue weighted by Crippen LogP contribution is 2.32. The van der Waals surface area contributed by atoms with E-state index in [0.717, 1.165) is 17.7 Å². The SMILES string of the molecule is Cc1nn2c(c1C(=O)N[C@@H](C)c1ccc(CC(=O)O)cc1)N(Cc1ccc(C(F)(F)F)cc1)CC2. The number of alkyl halides is 3. The Bertz CT molecular complexity index is 1230. The van der Waals surface area contributed by atoms with Gasteiger partial charge in [-0.1, -0.05) is 36.4 Å². The van der Waals surface area contributed by atoms with E-state index in [1.165, 1.54) is 12.1 Å². The van der Waals surface area contributed by atoms with Gasteiger partial charge in [-0.3, -0.25) is 9.59 Å². The number of carbonyl (C=O) groups excluding carboxylic acids is 1. The molecule has 35 heavy (non-hydrogen) atoms. The number of carboxylic acid groups (broad SMARTS) is 1. The van der Waals surface area contributed by atoms with E-state index >= 15 is 0 Å². The number of aromatic nitrogens is 2. The van der Waals surface area contributed by atoms with Crippen LogP contribution in [0.5, 0.6) is 0 Å². The molecule has 184 valence electrons. The smallest absolute Gasteiger partial charge is 0.416 e. The second-order valence-electron chi connectivity index (χ2n) is 8.63. The summed E-state index contributed by atoms with van der Waals surface area (Å²) in [5.74, 6) is -0.570. The molecule has 1 aliphatic rings. The Labute approximate surface area is 200 Å². The van der Waals surface area contributed by atoms with Crippen molar-refractivity contribution in [3.05, 3.63) is 82.0 Å². The first-order chi connectivity index (χ1) is 16.5. The standard InChI is InChI=1S/C25H25F3N4O3/c1-15(19-7-3-17(4-8-19)13-21(33)34)29-23(35)22-16(2)30-32-12-11-31(24(22)32)14-18-5-9-20(10-6-18)25(26,27)28/h3-10,15H,11-14H2,1-2H3,(H,29,35)(H,33,34)/t15-/m0/s1. The molecular formula is C25H25F3N4O3. The number of nitrogens with zero attached hydrogens (tertiary/aromatic N) is 3. The summed E-state index contributed by atoms with van der Waals surface area (Å²) in [6, 6.07) is 11.7. The first-order valence-electron chi connectivity index (χ1n) is 11.1. The fraction of sp³-hybridized carbons (Fsp3) is 0.320. The lowest BCUT2D eigenvalue weighted by Crippen LogP contribution is -2.29. The maximum atomic E-state index is 13.2. The Morgan fingerprint density at radius 2 is 1.69 bits per heavy atom. The summed E-state index contributed by atoms with van der Waals surface area (Å²) in [6.45, 7) is 5.10. The van der Waals surface area contributed by atoms with Crippen molar-refractivity contribution in [1.29, 1.82) is 0 Å². The van der Waals surface area contributed by atoms with Crippen LogP contribution in [0.25, 0.3) is 0 Å². The molecule has 0 unspecified atom stereocenters. The van der Waals surface area contributed by atoms with Crippen molar-refractivity contribution in [2.45, 2.75) is 45.6 Å². The van der Waals surface area contributed by atoms with E-state index in [2.05, 4.69) is 10.4 Å². The zero-order chi connectivity index (χ0) is 25.3. The summed E-state index contributed by atoms with van der Waals surface area (Å²) in [5.41, 5.74) is 2.50. The molecule has 10 heteroatoms. The van der Waals surface area contributed by atoms with Gasteiger partial charge in [-0.2, -0.15) is 18.3 Å². The molecule has 7 nitrogen and oxygen atoms in total. The van der Waals surface area contributed by atoms with E-state index in [1.54, 1.807) is 35.9 Å². The number of carboxylic acids is 1. The molecule has 0 bridgehead atoms. The second kappa shape index (κ2) is 9.44. The van der Waals surface area contributed by atoms with Crippen molar-refractivity contribution >= 4 is 17.7 Å². The van der Waals surface area contributed by atoms with E-state index in [9.17, 15) is 22.8 Å². The molecule has 2 N–H and O–H groups in total. The van der Waals surface area contributed by atoms with Gasteiger partial charge in [0, 0.05) is 13.1 Å². The number of halogens is 3. The van der Waals surface area contributed by atoms with Crippen molar-refractivity contribution in [3.63, 3.8) is 0 Å². The van der Waals surface area contributed by atoms with E-state index in [1.807, 2.05) is 11.8 Å². The Balaban J connectivity index is 1.50.